The van der Waals surface area contributed by atoms with E-state index in [1.54, 1.807) is 0 Å². The van der Waals surface area contributed by atoms with Crippen molar-refractivity contribution in [2.45, 2.75) is 63.9 Å². The van der Waals surface area contributed by atoms with Gasteiger partial charge in [0.15, 0.2) is 6.10 Å². The molecule has 4 nitrogen and oxygen atoms in total. The van der Waals surface area contributed by atoms with Crippen LogP contribution in [0.3, 0.4) is 0 Å². The van der Waals surface area contributed by atoms with E-state index in [1.165, 1.54) is 5.01 Å². The zero-order valence-electron chi connectivity index (χ0n) is 12.5. The lowest BCUT2D eigenvalue weighted by Gasteiger charge is -2.44. The van der Waals surface area contributed by atoms with Crippen molar-refractivity contribution in [2.75, 3.05) is 12.5 Å². The van der Waals surface area contributed by atoms with Crippen molar-refractivity contribution in [2.24, 2.45) is 5.84 Å². The number of carbonyl (C=O) groups excluding carboxylic acids is 1. The van der Waals surface area contributed by atoms with Crippen molar-refractivity contribution in [1.29, 1.82) is 0 Å². The average Bonchev–Trinajstić information content (AvgIpc) is 2.45. The summed E-state index contributed by atoms with van der Waals surface area (Å²) in [6.45, 7) is 8.58. The third kappa shape index (κ3) is 3.19. The van der Waals surface area contributed by atoms with Gasteiger partial charge in [-0.05, 0) is 18.9 Å². The molecule has 1 aliphatic rings. The first-order valence-corrected chi connectivity index (χ1v) is 8.96. The Morgan fingerprint density at radius 1 is 1.44 bits per heavy atom. The summed E-state index contributed by atoms with van der Waals surface area (Å²) in [5, 5.41) is 1.38. The highest BCUT2D eigenvalue weighted by Crippen LogP contribution is 2.55. The summed E-state index contributed by atoms with van der Waals surface area (Å²) in [6, 6.07) is 0.141. The predicted octanol–water partition coefficient (Wildman–Crippen LogP) is 2.42. The lowest BCUT2D eigenvalue weighted by molar-refractivity contribution is -0.134. The van der Waals surface area contributed by atoms with Crippen LogP contribution in [0.2, 0.25) is 0 Å². The summed E-state index contributed by atoms with van der Waals surface area (Å²) in [7, 11) is -1.28. The Labute approximate surface area is 113 Å². The van der Waals surface area contributed by atoms with Gasteiger partial charge in [0, 0.05) is 11.2 Å². The second-order valence-corrected chi connectivity index (χ2v) is 10.2. The van der Waals surface area contributed by atoms with Crippen molar-refractivity contribution in [1.82, 2.24) is 5.01 Å². The van der Waals surface area contributed by atoms with Crippen LogP contribution in [-0.2, 0) is 8.98 Å². The van der Waals surface area contributed by atoms with Gasteiger partial charge in [-0.2, -0.15) is 0 Å². The monoisotopic (exact) mass is 276 g/mol. The molecule has 2 unspecified atom stereocenters. The fourth-order valence-corrected chi connectivity index (χ4v) is 2.94. The molecule has 0 aromatic rings. The van der Waals surface area contributed by atoms with Gasteiger partial charge in [0.2, 0.25) is 0 Å². The first kappa shape index (κ1) is 15.8. The van der Waals surface area contributed by atoms with E-state index in [-0.39, 0.29) is 22.8 Å². The van der Waals surface area contributed by atoms with Crippen LogP contribution in [0.1, 0.15) is 47.0 Å². The lowest BCUT2D eigenvalue weighted by atomic mass is 10.1. The second kappa shape index (κ2) is 5.39. The van der Waals surface area contributed by atoms with Crippen LogP contribution in [0.4, 0.5) is 0 Å². The molecule has 0 bridgehead atoms. The number of nitrogens with two attached hydrogens (primary N) is 1. The second-order valence-electron chi connectivity index (χ2n) is 6.35. The van der Waals surface area contributed by atoms with E-state index in [2.05, 4.69) is 40.2 Å². The number of hydrogen-bond acceptors (Lipinski definition) is 3. The summed E-state index contributed by atoms with van der Waals surface area (Å²) < 4.78 is 6.20. The first-order valence-electron chi connectivity index (χ1n) is 6.59. The molecule has 1 aliphatic heterocycles. The van der Waals surface area contributed by atoms with Gasteiger partial charge < -0.3 is 4.18 Å². The molecule has 1 fully saturated rings. The van der Waals surface area contributed by atoms with Gasteiger partial charge in [-0.25, -0.2) is 5.84 Å². The third-order valence-corrected chi connectivity index (χ3v) is 7.53. The molecule has 1 saturated heterocycles. The van der Waals surface area contributed by atoms with Crippen LogP contribution < -0.4 is 5.84 Å². The third-order valence-electron chi connectivity index (χ3n) is 3.86. The first-order chi connectivity index (χ1) is 8.10. The van der Waals surface area contributed by atoms with Crippen LogP contribution >= 0.6 is 10.3 Å². The number of nitrogens with zero attached hydrogens (tertiary/aromatic N) is 1. The van der Waals surface area contributed by atoms with Gasteiger partial charge in [0.1, 0.15) is 0 Å². The summed E-state index contributed by atoms with van der Waals surface area (Å²) in [5.74, 6) is 5.78. The molecular weight excluding hydrogens is 248 g/mol. The zero-order chi connectivity index (χ0) is 14.1. The minimum absolute atomic E-state index is 0.0572. The molecule has 0 aromatic carbocycles. The molecule has 1 rings (SSSR count). The molecule has 108 valence electrons. The molecule has 2 N–H and O–H groups in total. The van der Waals surface area contributed by atoms with E-state index >= 15 is 0 Å². The molecule has 5 heteroatoms. The van der Waals surface area contributed by atoms with Crippen molar-refractivity contribution in [3.8, 4) is 0 Å². The Balaban J connectivity index is 2.72. The highest BCUT2D eigenvalue weighted by Gasteiger charge is 2.42. The molecule has 0 radical (unpaired) electrons. The van der Waals surface area contributed by atoms with Crippen LogP contribution in [0.25, 0.3) is 0 Å². The Morgan fingerprint density at radius 2 is 2.00 bits per heavy atom. The largest absolute Gasteiger partial charge is 0.323 e. The van der Waals surface area contributed by atoms with Crippen LogP contribution in [0.15, 0.2) is 0 Å². The van der Waals surface area contributed by atoms with Gasteiger partial charge in [0.25, 0.3) is 5.91 Å². The lowest BCUT2D eigenvalue weighted by Crippen LogP contribution is -2.41. The maximum absolute atomic E-state index is 12.1. The number of hydrogen-bond donors (Lipinski definition) is 1. The summed E-state index contributed by atoms with van der Waals surface area (Å²) in [6.07, 6.45) is 6.61. The molecule has 0 spiro atoms. The molecule has 1 amide bonds. The van der Waals surface area contributed by atoms with E-state index in [0.717, 1.165) is 19.3 Å². The van der Waals surface area contributed by atoms with Gasteiger partial charge >= 0.3 is 0 Å². The molecule has 0 aliphatic carbocycles. The highest BCUT2D eigenvalue weighted by atomic mass is 32.3. The van der Waals surface area contributed by atoms with Crippen molar-refractivity contribution in [3.63, 3.8) is 0 Å². The standard InChI is InChI=1S/C13H28N2O2S/c1-7-8-10-9-11(12(16)15(10)14)17-18(5,6)13(2,3)4/h10-11H,7-9,14H2,1-6H3. The van der Waals surface area contributed by atoms with Crippen LogP contribution in [-0.4, -0.2) is 40.3 Å². The molecule has 0 aromatic heterocycles. The normalized spacial score (nSPS) is 26.8. The summed E-state index contributed by atoms with van der Waals surface area (Å²) >= 11 is 0. The number of carbonyl (C=O) groups is 1. The van der Waals surface area contributed by atoms with Crippen LogP contribution in [0.5, 0.6) is 0 Å². The fourth-order valence-electron chi connectivity index (χ4n) is 1.91. The Hall–Kier alpha value is -0.260. The smallest absolute Gasteiger partial charge is 0.267 e. The Bertz CT molecular complexity index is 313. The minimum Gasteiger partial charge on any atom is -0.323 e. The molecule has 18 heavy (non-hydrogen) atoms. The van der Waals surface area contributed by atoms with Gasteiger partial charge in [-0.1, -0.05) is 34.1 Å². The van der Waals surface area contributed by atoms with E-state index in [1.807, 2.05) is 0 Å². The SMILES string of the molecule is CCCC1CC(OS(C)(C)C(C)(C)C)C(=O)N1N. The van der Waals surface area contributed by atoms with E-state index in [0.29, 0.717) is 0 Å². The zero-order valence-corrected chi connectivity index (χ0v) is 13.3. The summed E-state index contributed by atoms with van der Waals surface area (Å²) in [5.41, 5.74) is 0. The Kier molecular flexibility index (Phi) is 4.73. The van der Waals surface area contributed by atoms with Crippen molar-refractivity contribution >= 4 is 16.2 Å². The number of amides is 1. The minimum atomic E-state index is -1.28. The van der Waals surface area contributed by atoms with Crippen LogP contribution in [0, 0.1) is 0 Å². The van der Waals surface area contributed by atoms with E-state index < -0.39 is 10.3 Å². The predicted molar refractivity (Wildman–Crippen MR) is 78.4 cm³/mol. The topological polar surface area (TPSA) is 55.6 Å². The maximum atomic E-state index is 12.1. The van der Waals surface area contributed by atoms with E-state index in [9.17, 15) is 4.79 Å². The quantitative estimate of drug-likeness (QED) is 0.634. The number of rotatable bonds is 4. The van der Waals surface area contributed by atoms with Crippen molar-refractivity contribution in [3.05, 3.63) is 0 Å². The van der Waals surface area contributed by atoms with Crippen molar-refractivity contribution < 1.29 is 8.98 Å². The average molecular weight is 276 g/mol. The van der Waals surface area contributed by atoms with Gasteiger partial charge in [-0.15, -0.1) is 10.3 Å². The highest BCUT2D eigenvalue weighted by molar-refractivity contribution is 8.29. The number of hydrazine groups is 1. The maximum Gasteiger partial charge on any atom is 0.267 e. The molecule has 1 heterocycles. The molecular formula is C13H28N2O2S. The van der Waals surface area contributed by atoms with E-state index in [4.69, 9.17) is 10.0 Å². The fraction of sp³-hybridized carbons (Fsp3) is 0.923. The van der Waals surface area contributed by atoms with Gasteiger partial charge in [-0.3, -0.25) is 9.80 Å². The summed E-state index contributed by atoms with van der Waals surface area (Å²) in [4.78, 5) is 12.1. The molecule has 0 saturated carbocycles. The van der Waals surface area contributed by atoms with Gasteiger partial charge in [0.05, 0.1) is 6.04 Å². The Morgan fingerprint density at radius 3 is 2.44 bits per heavy atom. The molecule has 2 atom stereocenters.